The number of nitrogen functional groups attached to an aromatic ring is 1. The van der Waals surface area contributed by atoms with Crippen LogP contribution in [0.1, 0.15) is 45.2 Å². The lowest BCUT2D eigenvalue weighted by atomic mass is 10.1. The summed E-state index contributed by atoms with van der Waals surface area (Å²) >= 11 is 0. The lowest BCUT2D eigenvalue weighted by Gasteiger charge is -2.11. The van der Waals surface area contributed by atoms with Gasteiger partial charge in [-0.15, -0.1) is 0 Å². The van der Waals surface area contributed by atoms with Gasteiger partial charge in [-0.3, -0.25) is 4.79 Å². The number of carbonyl (C=O) groups excluding carboxylic acids is 1. The van der Waals surface area contributed by atoms with E-state index in [1.165, 1.54) is 18.5 Å². The minimum atomic E-state index is -4.38. The average Bonchev–Trinajstić information content (AvgIpc) is 3.52. The number of aromatic nitrogens is 4. The molecule has 39 heavy (non-hydrogen) atoms. The molecule has 11 heteroatoms. The number of halogens is 3. The van der Waals surface area contributed by atoms with Crippen LogP contribution in [0.3, 0.4) is 0 Å². The van der Waals surface area contributed by atoms with Crippen LogP contribution in [-0.2, 0) is 6.18 Å². The van der Waals surface area contributed by atoms with Crippen molar-refractivity contribution in [2.24, 2.45) is 0 Å². The maximum atomic E-state index is 12.0. The van der Waals surface area contributed by atoms with Crippen molar-refractivity contribution in [3.63, 3.8) is 0 Å². The maximum absolute atomic E-state index is 12.0. The van der Waals surface area contributed by atoms with E-state index in [1.807, 2.05) is 30.8 Å². The van der Waals surface area contributed by atoms with Crippen LogP contribution in [0.15, 0.2) is 48.8 Å². The number of benzene rings is 2. The monoisotopic (exact) mass is 535 g/mol. The summed E-state index contributed by atoms with van der Waals surface area (Å²) in [6, 6.07) is 10.7. The Bertz CT molecular complexity index is 1550. The number of likely N-dealkylation sites (N-methyl/N-ethyl adjacent to an activating group) is 1. The Morgan fingerprint density at radius 1 is 1.15 bits per heavy atom. The Morgan fingerprint density at radius 2 is 1.95 bits per heavy atom. The normalized spacial score (nSPS) is 15.3. The lowest BCUT2D eigenvalue weighted by molar-refractivity contribution is -0.137. The molecule has 202 valence electrons. The molecule has 1 aliphatic heterocycles. The highest BCUT2D eigenvalue weighted by molar-refractivity contribution is 5.90. The van der Waals surface area contributed by atoms with Gasteiger partial charge in [0.15, 0.2) is 5.65 Å². The van der Waals surface area contributed by atoms with Crippen LogP contribution in [0.2, 0.25) is 0 Å². The SMILES string of the molecule is CNc1ccc(C)c(C#Cc2nn(C3CCN(C)C3)c3ncnc(N)c23)c1.O=Cc1cccc(C(F)(F)F)c1. The molecule has 1 atom stereocenters. The first-order chi connectivity index (χ1) is 18.6. The van der Waals surface area contributed by atoms with Gasteiger partial charge in [-0.05, 0) is 56.1 Å². The Labute approximate surface area is 224 Å². The van der Waals surface area contributed by atoms with Crippen molar-refractivity contribution in [1.82, 2.24) is 24.6 Å². The number of nitrogens with one attached hydrogen (secondary N) is 1. The highest BCUT2D eigenvalue weighted by atomic mass is 19.4. The van der Waals surface area contributed by atoms with E-state index in [0.29, 0.717) is 17.8 Å². The van der Waals surface area contributed by atoms with Crippen LogP contribution in [-0.4, -0.2) is 58.1 Å². The van der Waals surface area contributed by atoms with Crippen molar-refractivity contribution in [3.05, 3.63) is 76.7 Å². The Hall–Kier alpha value is -4.43. The molecule has 0 saturated carbocycles. The molecule has 5 rings (SSSR count). The van der Waals surface area contributed by atoms with E-state index < -0.39 is 11.7 Å². The quantitative estimate of drug-likeness (QED) is 0.293. The standard InChI is InChI=1S/C20H23N7.C8H5F3O/c1-13-4-6-15(22-2)10-14(13)5-7-17-18-19(21)23-12-24-20(18)27(25-17)16-8-9-26(3)11-16;9-8(10,11)7-3-1-2-6(4-7)5-12/h4,6,10,12,16,22H,8-9,11H2,1-3H3,(H2,21,23,24);1-5H. The predicted octanol–water partition coefficient (Wildman–Crippen LogP) is 4.55. The van der Waals surface area contributed by atoms with Crippen molar-refractivity contribution in [2.75, 3.05) is 38.2 Å². The smallest absolute Gasteiger partial charge is 0.388 e. The highest BCUT2D eigenvalue weighted by Crippen LogP contribution is 2.29. The van der Waals surface area contributed by atoms with Crippen molar-refractivity contribution in [2.45, 2.75) is 25.6 Å². The van der Waals surface area contributed by atoms with Gasteiger partial charge in [-0.25, -0.2) is 14.6 Å². The number of aryl methyl sites for hydroxylation is 1. The van der Waals surface area contributed by atoms with Gasteiger partial charge >= 0.3 is 6.18 Å². The number of likely N-dealkylation sites (tertiary alicyclic amines) is 1. The summed E-state index contributed by atoms with van der Waals surface area (Å²) in [5, 5.41) is 8.65. The molecule has 1 aliphatic rings. The Balaban J connectivity index is 0.000000247. The number of alkyl halides is 3. The van der Waals surface area contributed by atoms with E-state index in [9.17, 15) is 18.0 Å². The van der Waals surface area contributed by atoms with Gasteiger partial charge in [-0.1, -0.05) is 24.1 Å². The fourth-order valence-electron chi connectivity index (χ4n) is 4.28. The third kappa shape index (κ3) is 6.35. The minimum Gasteiger partial charge on any atom is -0.388 e. The number of anilines is 2. The summed E-state index contributed by atoms with van der Waals surface area (Å²) in [7, 11) is 4.01. The molecule has 2 aromatic carbocycles. The topological polar surface area (TPSA) is 102 Å². The number of rotatable bonds is 3. The van der Waals surface area contributed by atoms with Gasteiger partial charge in [0.25, 0.3) is 0 Å². The minimum absolute atomic E-state index is 0.0322. The Kier molecular flexibility index (Phi) is 8.16. The highest BCUT2D eigenvalue weighted by Gasteiger charge is 2.30. The molecule has 0 spiro atoms. The average molecular weight is 536 g/mol. The largest absolute Gasteiger partial charge is 0.416 e. The van der Waals surface area contributed by atoms with Crippen molar-refractivity contribution in [1.29, 1.82) is 0 Å². The fourth-order valence-corrected chi connectivity index (χ4v) is 4.28. The number of carbonyl (C=O) groups is 1. The zero-order chi connectivity index (χ0) is 28.2. The van der Waals surface area contributed by atoms with Crippen molar-refractivity contribution >= 4 is 28.8 Å². The molecule has 0 aliphatic carbocycles. The van der Waals surface area contributed by atoms with E-state index >= 15 is 0 Å². The zero-order valence-electron chi connectivity index (χ0n) is 21.8. The van der Waals surface area contributed by atoms with Crippen LogP contribution in [0.25, 0.3) is 11.0 Å². The van der Waals surface area contributed by atoms with Gasteiger partial charge in [0, 0.05) is 37.0 Å². The van der Waals surface area contributed by atoms with Gasteiger partial charge in [0.05, 0.1) is 17.0 Å². The van der Waals surface area contributed by atoms with Crippen LogP contribution in [0.4, 0.5) is 24.7 Å². The molecule has 8 nitrogen and oxygen atoms in total. The number of hydrogen-bond acceptors (Lipinski definition) is 7. The fraction of sp³-hybridized carbons (Fsp3) is 0.286. The van der Waals surface area contributed by atoms with Crippen LogP contribution in [0, 0.1) is 18.8 Å². The molecule has 0 bridgehead atoms. The second-order valence-corrected chi connectivity index (χ2v) is 9.23. The number of aldehydes is 1. The maximum Gasteiger partial charge on any atom is 0.416 e. The van der Waals surface area contributed by atoms with Crippen molar-refractivity contribution < 1.29 is 18.0 Å². The first-order valence-electron chi connectivity index (χ1n) is 12.2. The molecule has 0 amide bonds. The number of nitrogens with two attached hydrogens (primary N) is 1. The molecular formula is C28H28F3N7O. The van der Waals surface area contributed by atoms with E-state index in [0.717, 1.165) is 59.5 Å². The van der Waals surface area contributed by atoms with E-state index in [2.05, 4.69) is 45.1 Å². The van der Waals surface area contributed by atoms with Gasteiger partial charge < -0.3 is 16.0 Å². The molecule has 2 aromatic heterocycles. The van der Waals surface area contributed by atoms with Gasteiger partial charge in [0.2, 0.25) is 0 Å². The summed E-state index contributed by atoms with van der Waals surface area (Å²) in [5.74, 6) is 6.88. The number of hydrogen-bond donors (Lipinski definition) is 2. The molecule has 3 heterocycles. The summed E-state index contributed by atoms with van der Waals surface area (Å²) in [6.07, 6.45) is -1.46. The third-order valence-electron chi connectivity index (χ3n) is 6.42. The number of nitrogens with zero attached hydrogens (tertiary/aromatic N) is 5. The van der Waals surface area contributed by atoms with E-state index in [4.69, 9.17) is 10.8 Å². The predicted molar refractivity (Wildman–Crippen MR) is 144 cm³/mol. The second kappa shape index (κ2) is 11.5. The molecule has 3 N–H and O–H groups in total. The first-order valence-corrected chi connectivity index (χ1v) is 12.2. The summed E-state index contributed by atoms with van der Waals surface area (Å²) < 4.78 is 37.9. The van der Waals surface area contributed by atoms with E-state index in [1.54, 1.807) is 0 Å². The van der Waals surface area contributed by atoms with E-state index in [-0.39, 0.29) is 11.6 Å². The molecular weight excluding hydrogens is 507 g/mol. The van der Waals surface area contributed by atoms with Crippen LogP contribution < -0.4 is 11.1 Å². The molecule has 0 radical (unpaired) electrons. The van der Waals surface area contributed by atoms with Crippen LogP contribution in [0.5, 0.6) is 0 Å². The summed E-state index contributed by atoms with van der Waals surface area (Å²) in [5.41, 5.74) is 9.87. The van der Waals surface area contributed by atoms with Crippen LogP contribution >= 0.6 is 0 Å². The first kappa shape index (κ1) is 27.6. The van der Waals surface area contributed by atoms with Gasteiger partial charge in [0.1, 0.15) is 24.1 Å². The second-order valence-electron chi connectivity index (χ2n) is 9.23. The van der Waals surface area contributed by atoms with Gasteiger partial charge in [-0.2, -0.15) is 18.3 Å². The third-order valence-corrected chi connectivity index (χ3v) is 6.42. The number of fused-ring (bicyclic) bond motifs is 1. The molecule has 4 aromatic rings. The summed E-state index contributed by atoms with van der Waals surface area (Å²) in [4.78, 5) is 21.0. The summed E-state index contributed by atoms with van der Waals surface area (Å²) in [6.45, 7) is 4.03. The lowest BCUT2D eigenvalue weighted by Crippen LogP contribution is -2.17. The molecule has 1 saturated heterocycles. The Morgan fingerprint density at radius 3 is 2.62 bits per heavy atom. The van der Waals surface area contributed by atoms with Crippen molar-refractivity contribution in [3.8, 4) is 11.8 Å². The molecule has 1 unspecified atom stereocenters. The molecule has 1 fully saturated rings. The zero-order valence-corrected chi connectivity index (χ0v) is 21.8.